The monoisotopic (exact) mass is 451 g/mol. The van der Waals surface area contributed by atoms with Crippen molar-refractivity contribution in [2.24, 2.45) is 0 Å². The minimum atomic E-state index is -0.463. The molecule has 8 heteroatoms. The molecule has 0 aliphatic rings. The Kier molecular flexibility index (Phi) is 8.49. The summed E-state index contributed by atoms with van der Waals surface area (Å²) in [5, 5.41) is 10.8. The van der Waals surface area contributed by atoms with Gasteiger partial charge in [0.25, 0.3) is 5.69 Å². The second-order valence-corrected chi connectivity index (χ2v) is 7.55. The maximum absolute atomic E-state index is 13.6. The highest BCUT2D eigenvalue weighted by Gasteiger charge is 2.14. The summed E-state index contributed by atoms with van der Waals surface area (Å²) in [6, 6.07) is 16.3. The lowest BCUT2D eigenvalue weighted by molar-refractivity contribution is -0.384. The minimum Gasteiger partial charge on any atom is -0.385 e. The van der Waals surface area contributed by atoms with Crippen molar-refractivity contribution in [3.63, 3.8) is 0 Å². The van der Waals surface area contributed by atoms with Crippen molar-refractivity contribution >= 4 is 17.7 Å². The van der Waals surface area contributed by atoms with Crippen LogP contribution >= 0.6 is 0 Å². The molecule has 0 spiro atoms. The molecule has 0 saturated carbocycles. The van der Waals surface area contributed by atoms with E-state index in [0.717, 1.165) is 11.3 Å². The van der Waals surface area contributed by atoms with Crippen molar-refractivity contribution in [1.29, 1.82) is 0 Å². The molecule has 3 rings (SSSR count). The Balaban J connectivity index is 1.72. The van der Waals surface area contributed by atoms with Crippen LogP contribution in [0.5, 0.6) is 0 Å². The van der Waals surface area contributed by atoms with Gasteiger partial charge in [-0.1, -0.05) is 12.1 Å². The van der Waals surface area contributed by atoms with Gasteiger partial charge in [0.2, 0.25) is 5.91 Å². The Bertz CT molecular complexity index is 1110. The molecule has 0 saturated heterocycles. The number of hydrogen-bond acceptors (Lipinski definition) is 4. The average Bonchev–Trinajstić information content (AvgIpc) is 3.23. The summed E-state index contributed by atoms with van der Waals surface area (Å²) in [5.74, 6) is -0.461. The fraction of sp³-hybridized carbons (Fsp3) is 0.240. The predicted octanol–water partition coefficient (Wildman–Crippen LogP) is 4.66. The first-order valence-corrected chi connectivity index (χ1v) is 10.5. The molecule has 1 heterocycles. The number of carbonyl (C=O) groups excluding carboxylic acids is 1. The van der Waals surface area contributed by atoms with Gasteiger partial charge in [-0.2, -0.15) is 0 Å². The standard InChI is InChI=1S/C25H26FN3O4/c1-33-16-4-15-28(25(30)13-10-20-8-11-23(12-9-20)29(31)32)19-24-7-3-14-27(24)18-21-5-2-6-22(26)17-21/h2-3,5-14,17H,4,15-16,18-19H2,1H3/b13-10+. The highest BCUT2D eigenvalue weighted by atomic mass is 19.1. The number of halogens is 1. The molecule has 172 valence electrons. The van der Waals surface area contributed by atoms with E-state index in [9.17, 15) is 19.3 Å². The van der Waals surface area contributed by atoms with E-state index >= 15 is 0 Å². The summed E-state index contributed by atoms with van der Waals surface area (Å²) in [4.78, 5) is 25.0. The molecule has 7 nitrogen and oxygen atoms in total. The Morgan fingerprint density at radius 2 is 1.97 bits per heavy atom. The molecule has 1 amide bonds. The summed E-state index contributed by atoms with van der Waals surface area (Å²) in [6.45, 7) is 1.91. The van der Waals surface area contributed by atoms with Gasteiger partial charge in [0.1, 0.15) is 5.82 Å². The van der Waals surface area contributed by atoms with Crippen LogP contribution in [0, 0.1) is 15.9 Å². The molecule has 2 aromatic carbocycles. The molecule has 0 atom stereocenters. The Hall–Kier alpha value is -3.78. The Labute approximate surface area is 191 Å². The molecule has 33 heavy (non-hydrogen) atoms. The zero-order valence-electron chi connectivity index (χ0n) is 18.4. The summed E-state index contributed by atoms with van der Waals surface area (Å²) < 4.78 is 20.7. The first-order valence-electron chi connectivity index (χ1n) is 10.5. The molecular formula is C25H26FN3O4. The van der Waals surface area contributed by atoms with Crippen LogP contribution in [0.3, 0.4) is 0 Å². The first-order chi connectivity index (χ1) is 16.0. The van der Waals surface area contributed by atoms with Gasteiger partial charge in [0.15, 0.2) is 0 Å². The van der Waals surface area contributed by atoms with Crippen LogP contribution in [-0.4, -0.2) is 40.6 Å². The number of ether oxygens (including phenoxy) is 1. The fourth-order valence-electron chi connectivity index (χ4n) is 3.42. The van der Waals surface area contributed by atoms with Crippen LogP contribution < -0.4 is 0 Å². The number of carbonyl (C=O) groups is 1. The Morgan fingerprint density at radius 1 is 1.18 bits per heavy atom. The molecule has 3 aromatic rings. The number of nitro benzene ring substituents is 1. The molecule has 0 aliphatic heterocycles. The highest BCUT2D eigenvalue weighted by Crippen LogP contribution is 2.15. The third kappa shape index (κ3) is 7.11. The van der Waals surface area contributed by atoms with Gasteiger partial charge >= 0.3 is 0 Å². The summed E-state index contributed by atoms with van der Waals surface area (Å²) in [5.41, 5.74) is 2.45. The lowest BCUT2D eigenvalue weighted by Gasteiger charge is -2.22. The molecule has 1 aromatic heterocycles. The number of amides is 1. The van der Waals surface area contributed by atoms with Crippen LogP contribution in [0.15, 0.2) is 72.9 Å². The zero-order valence-corrected chi connectivity index (χ0v) is 18.4. The summed E-state index contributed by atoms with van der Waals surface area (Å²) in [7, 11) is 1.62. The summed E-state index contributed by atoms with van der Waals surface area (Å²) >= 11 is 0. The van der Waals surface area contributed by atoms with Gasteiger partial charge in [0.05, 0.1) is 11.5 Å². The number of hydrogen-bond donors (Lipinski definition) is 0. The number of nitro groups is 1. The number of methoxy groups -OCH3 is 1. The molecule has 0 N–H and O–H groups in total. The van der Waals surface area contributed by atoms with Crippen molar-refractivity contribution in [1.82, 2.24) is 9.47 Å². The van der Waals surface area contributed by atoms with Crippen molar-refractivity contribution < 1.29 is 18.8 Å². The average molecular weight is 451 g/mol. The van der Waals surface area contributed by atoms with E-state index < -0.39 is 4.92 Å². The maximum Gasteiger partial charge on any atom is 0.269 e. The highest BCUT2D eigenvalue weighted by molar-refractivity contribution is 5.91. The molecule has 0 aliphatic carbocycles. The van der Waals surface area contributed by atoms with Gasteiger partial charge in [-0.25, -0.2) is 4.39 Å². The van der Waals surface area contributed by atoms with Crippen molar-refractivity contribution in [2.75, 3.05) is 20.3 Å². The smallest absolute Gasteiger partial charge is 0.269 e. The van der Waals surface area contributed by atoms with Crippen LogP contribution in [0.1, 0.15) is 23.2 Å². The van der Waals surface area contributed by atoms with Crippen LogP contribution in [0.4, 0.5) is 10.1 Å². The van der Waals surface area contributed by atoms with E-state index in [1.54, 1.807) is 36.3 Å². The normalized spacial score (nSPS) is 11.1. The third-order valence-corrected chi connectivity index (χ3v) is 5.13. The maximum atomic E-state index is 13.6. The van der Waals surface area contributed by atoms with E-state index in [-0.39, 0.29) is 17.4 Å². The van der Waals surface area contributed by atoms with Gasteiger partial charge < -0.3 is 14.2 Å². The number of benzene rings is 2. The summed E-state index contributed by atoms with van der Waals surface area (Å²) in [6.07, 6.45) is 5.69. The SMILES string of the molecule is COCCCN(Cc1cccn1Cc1cccc(F)c1)C(=O)/C=C/c1ccc([N+](=O)[O-])cc1. The topological polar surface area (TPSA) is 77.6 Å². The van der Waals surface area contributed by atoms with E-state index in [4.69, 9.17) is 4.74 Å². The number of nitrogens with zero attached hydrogens (tertiary/aromatic N) is 3. The van der Waals surface area contributed by atoms with Crippen LogP contribution in [-0.2, 0) is 22.6 Å². The lowest BCUT2D eigenvalue weighted by Crippen LogP contribution is -2.31. The van der Waals surface area contributed by atoms with Crippen molar-refractivity contribution in [2.45, 2.75) is 19.5 Å². The second kappa shape index (κ2) is 11.7. The molecule has 0 bridgehead atoms. The first kappa shape index (κ1) is 23.9. The minimum absolute atomic E-state index is 0.00118. The van der Waals surface area contributed by atoms with Crippen molar-refractivity contribution in [3.8, 4) is 0 Å². The number of non-ortho nitro benzene ring substituents is 1. The fourth-order valence-corrected chi connectivity index (χ4v) is 3.42. The quantitative estimate of drug-likeness (QED) is 0.184. The second-order valence-electron chi connectivity index (χ2n) is 7.55. The van der Waals surface area contributed by atoms with Crippen molar-refractivity contribution in [3.05, 3.63) is 106 Å². The largest absolute Gasteiger partial charge is 0.385 e. The number of aromatic nitrogens is 1. The van der Waals surface area contributed by atoms with E-state index in [2.05, 4.69) is 0 Å². The zero-order chi connectivity index (χ0) is 23.6. The number of rotatable bonds is 11. The molecule has 0 unspecified atom stereocenters. The van der Waals surface area contributed by atoms with E-state index in [1.165, 1.54) is 30.3 Å². The lowest BCUT2D eigenvalue weighted by atomic mass is 10.2. The van der Waals surface area contributed by atoms with Gasteiger partial charge in [-0.15, -0.1) is 0 Å². The van der Waals surface area contributed by atoms with Gasteiger partial charge in [-0.05, 0) is 60.0 Å². The van der Waals surface area contributed by atoms with E-state index in [1.807, 2.05) is 29.0 Å². The van der Waals surface area contributed by atoms with Crippen LogP contribution in [0.25, 0.3) is 6.08 Å². The van der Waals surface area contributed by atoms with E-state index in [0.29, 0.717) is 38.2 Å². The van der Waals surface area contributed by atoms with Crippen LogP contribution in [0.2, 0.25) is 0 Å². The molecule has 0 radical (unpaired) electrons. The molecular weight excluding hydrogens is 425 g/mol. The van der Waals surface area contributed by atoms with Gasteiger partial charge in [-0.3, -0.25) is 14.9 Å². The molecule has 0 fully saturated rings. The Morgan fingerprint density at radius 3 is 2.67 bits per heavy atom. The third-order valence-electron chi connectivity index (χ3n) is 5.13. The predicted molar refractivity (Wildman–Crippen MR) is 124 cm³/mol. The van der Waals surface area contributed by atoms with Gasteiger partial charge in [0, 0.05) is 56.9 Å².